The molecule has 3 heterocycles. The van der Waals surface area contributed by atoms with Gasteiger partial charge >= 0.3 is 0 Å². The molecule has 0 radical (unpaired) electrons. The molecule has 0 unspecified atom stereocenters. The van der Waals surface area contributed by atoms with Crippen molar-refractivity contribution in [3.8, 4) is 17.3 Å². The number of halogens is 1. The van der Waals surface area contributed by atoms with Crippen LogP contribution in [0.4, 0.5) is 10.2 Å². The molecule has 2 aliphatic heterocycles. The Bertz CT molecular complexity index is 986. The molecule has 31 heavy (non-hydrogen) atoms. The standard InChI is InChI=1S/C24H28FN5O/c1-15-2-3-20(25)9-22(15)23-8-17(10-26)24(29-28-23)27-21-6-18-12-30(13-19(18)7-21)11-16-4-5-31-14-16/h2-3,8-9,16,18-19,21H,4-7,11-14H2,1H3,(H,27,29)/t16-,18-,19+,21-/m0/s1. The van der Waals surface area contributed by atoms with E-state index in [-0.39, 0.29) is 5.82 Å². The van der Waals surface area contributed by atoms with Crippen molar-refractivity contribution in [3.63, 3.8) is 0 Å². The first kappa shape index (κ1) is 20.3. The molecule has 5 rings (SSSR count). The fourth-order valence-corrected chi connectivity index (χ4v) is 5.54. The second-order valence-corrected chi connectivity index (χ2v) is 9.34. The van der Waals surface area contributed by atoms with Crippen molar-refractivity contribution in [2.75, 3.05) is 38.2 Å². The number of hydrogen-bond acceptors (Lipinski definition) is 6. The minimum Gasteiger partial charge on any atom is -0.381 e. The molecular weight excluding hydrogens is 393 g/mol. The Labute approximate surface area is 182 Å². The molecule has 7 heteroatoms. The highest BCUT2D eigenvalue weighted by Crippen LogP contribution is 2.40. The molecule has 0 bridgehead atoms. The van der Waals surface area contributed by atoms with Crippen LogP contribution in [0.1, 0.15) is 30.4 Å². The number of nitrogens with zero attached hydrogens (tertiary/aromatic N) is 4. The van der Waals surface area contributed by atoms with Gasteiger partial charge in [-0.3, -0.25) is 0 Å². The maximum atomic E-state index is 13.7. The van der Waals surface area contributed by atoms with Gasteiger partial charge in [-0.05, 0) is 67.7 Å². The molecular formula is C24H28FN5O. The van der Waals surface area contributed by atoms with Gasteiger partial charge in [0.05, 0.1) is 17.9 Å². The third kappa shape index (κ3) is 4.28. The van der Waals surface area contributed by atoms with E-state index in [2.05, 4.69) is 26.5 Å². The van der Waals surface area contributed by atoms with Crippen molar-refractivity contribution in [2.24, 2.45) is 17.8 Å². The van der Waals surface area contributed by atoms with E-state index < -0.39 is 0 Å². The molecule has 6 nitrogen and oxygen atoms in total. The van der Waals surface area contributed by atoms with Crippen molar-refractivity contribution >= 4 is 5.82 Å². The summed E-state index contributed by atoms with van der Waals surface area (Å²) in [5, 5.41) is 21.7. The van der Waals surface area contributed by atoms with E-state index in [4.69, 9.17) is 4.74 Å². The van der Waals surface area contributed by atoms with E-state index in [9.17, 15) is 9.65 Å². The van der Waals surface area contributed by atoms with Crippen LogP contribution in [0, 0.1) is 41.8 Å². The van der Waals surface area contributed by atoms with Crippen molar-refractivity contribution in [3.05, 3.63) is 41.2 Å². The van der Waals surface area contributed by atoms with Crippen LogP contribution in [0.2, 0.25) is 0 Å². The second-order valence-electron chi connectivity index (χ2n) is 9.34. The zero-order valence-electron chi connectivity index (χ0n) is 17.9. The van der Waals surface area contributed by atoms with Crippen molar-refractivity contribution in [2.45, 2.75) is 32.2 Å². The predicted octanol–water partition coefficient (Wildman–Crippen LogP) is 3.62. The van der Waals surface area contributed by atoms with Crippen LogP contribution in [0.5, 0.6) is 0 Å². The smallest absolute Gasteiger partial charge is 0.166 e. The number of anilines is 1. The number of aromatic nitrogens is 2. The third-order valence-electron chi connectivity index (χ3n) is 7.10. The number of rotatable bonds is 5. The van der Waals surface area contributed by atoms with E-state index in [1.54, 1.807) is 12.1 Å². The maximum Gasteiger partial charge on any atom is 0.166 e. The molecule has 1 N–H and O–H groups in total. The second kappa shape index (κ2) is 8.52. The highest BCUT2D eigenvalue weighted by molar-refractivity contribution is 5.67. The topological polar surface area (TPSA) is 74.1 Å². The SMILES string of the molecule is Cc1ccc(F)cc1-c1cc(C#N)c(N[C@@H]2C[C@@H]3CN(C[C@@H]4CCOC4)C[C@@H]3C2)nn1. The molecule has 1 aliphatic carbocycles. The van der Waals surface area contributed by atoms with E-state index in [1.165, 1.54) is 18.6 Å². The summed E-state index contributed by atoms with van der Waals surface area (Å²) in [5.41, 5.74) is 2.54. The van der Waals surface area contributed by atoms with Crippen LogP contribution in [-0.2, 0) is 4.74 Å². The van der Waals surface area contributed by atoms with Gasteiger partial charge in [-0.2, -0.15) is 5.26 Å². The summed E-state index contributed by atoms with van der Waals surface area (Å²) in [6, 6.07) is 8.83. The molecule has 3 aliphatic rings. The average molecular weight is 422 g/mol. The first-order valence-corrected chi connectivity index (χ1v) is 11.2. The van der Waals surface area contributed by atoms with Gasteiger partial charge in [-0.1, -0.05) is 6.07 Å². The number of nitrogens with one attached hydrogen (secondary N) is 1. The first-order valence-electron chi connectivity index (χ1n) is 11.2. The van der Waals surface area contributed by atoms with Gasteiger partial charge < -0.3 is 15.0 Å². The Balaban J connectivity index is 1.23. The number of likely N-dealkylation sites (tertiary alicyclic amines) is 1. The van der Waals surface area contributed by atoms with E-state index in [0.29, 0.717) is 46.4 Å². The summed E-state index contributed by atoms with van der Waals surface area (Å²) in [6.07, 6.45) is 3.38. The van der Waals surface area contributed by atoms with Gasteiger partial charge in [0.2, 0.25) is 0 Å². The molecule has 0 spiro atoms. The quantitative estimate of drug-likeness (QED) is 0.795. The van der Waals surface area contributed by atoms with E-state index in [0.717, 1.165) is 51.3 Å². The minimum atomic E-state index is -0.324. The summed E-state index contributed by atoms with van der Waals surface area (Å²) >= 11 is 0. The summed E-state index contributed by atoms with van der Waals surface area (Å²) in [4.78, 5) is 2.61. The van der Waals surface area contributed by atoms with Gasteiger partial charge in [0.1, 0.15) is 11.9 Å². The fourth-order valence-electron chi connectivity index (χ4n) is 5.54. The monoisotopic (exact) mass is 421 g/mol. The van der Waals surface area contributed by atoms with Crippen molar-refractivity contribution in [1.82, 2.24) is 15.1 Å². The molecule has 2 saturated heterocycles. The van der Waals surface area contributed by atoms with E-state index in [1.807, 2.05) is 6.92 Å². The zero-order chi connectivity index (χ0) is 21.4. The Morgan fingerprint density at radius 3 is 2.74 bits per heavy atom. The molecule has 1 aromatic heterocycles. The lowest BCUT2D eigenvalue weighted by Gasteiger charge is -2.22. The van der Waals surface area contributed by atoms with Crippen LogP contribution in [-0.4, -0.2) is 54.0 Å². The number of benzene rings is 1. The first-order chi connectivity index (χ1) is 15.1. The summed E-state index contributed by atoms with van der Waals surface area (Å²) in [5.74, 6) is 2.31. The lowest BCUT2D eigenvalue weighted by Crippen LogP contribution is -2.30. The Hall–Kier alpha value is -2.56. The van der Waals surface area contributed by atoms with E-state index >= 15 is 0 Å². The Morgan fingerprint density at radius 1 is 1.23 bits per heavy atom. The molecule has 1 aromatic carbocycles. The van der Waals surface area contributed by atoms with Crippen LogP contribution in [0.25, 0.3) is 11.3 Å². The largest absolute Gasteiger partial charge is 0.381 e. The van der Waals surface area contributed by atoms with Crippen LogP contribution in [0.3, 0.4) is 0 Å². The van der Waals surface area contributed by atoms with Gasteiger partial charge in [-0.15, -0.1) is 10.2 Å². The zero-order valence-corrected chi connectivity index (χ0v) is 17.9. The Kier molecular flexibility index (Phi) is 5.59. The Morgan fingerprint density at radius 2 is 2.03 bits per heavy atom. The molecule has 162 valence electrons. The van der Waals surface area contributed by atoms with Crippen LogP contribution < -0.4 is 5.32 Å². The number of fused-ring (bicyclic) bond motifs is 1. The lowest BCUT2D eigenvalue weighted by atomic mass is 10.0. The normalized spacial score (nSPS) is 27.9. The van der Waals surface area contributed by atoms with Crippen molar-refractivity contribution in [1.29, 1.82) is 5.26 Å². The van der Waals surface area contributed by atoms with Gasteiger partial charge in [-0.25, -0.2) is 4.39 Å². The summed E-state index contributed by atoms with van der Waals surface area (Å²) in [6.45, 7) is 7.21. The summed E-state index contributed by atoms with van der Waals surface area (Å²) < 4.78 is 19.2. The number of nitriles is 1. The molecule has 2 aromatic rings. The van der Waals surface area contributed by atoms with Crippen LogP contribution >= 0.6 is 0 Å². The number of hydrogen-bond donors (Lipinski definition) is 1. The van der Waals surface area contributed by atoms with Gasteiger partial charge in [0.25, 0.3) is 0 Å². The highest BCUT2D eigenvalue weighted by Gasteiger charge is 2.41. The molecule has 0 amide bonds. The minimum absolute atomic E-state index is 0.315. The fraction of sp³-hybridized carbons (Fsp3) is 0.542. The average Bonchev–Trinajstić information content (AvgIpc) is 3.48. The van der Waals surface area contributed by atoms with Crippen molar-refractivity contribution < 1.29 is 9.13 Å². The van der Waals surface area contributed by atoms with Gasteiger partial charge in [0, 0.05) is 37.8 Å². The third-order valence-corrected chi connectivity index (χ3v) is 7.10. The number of ether oxygens (including phenoxy) is 1. The number of aryl methyl sites for hydroxylation is 1. The molecule has 1 saturated carbocycles. The highest BCUT2D eigenvalue weighted by atomic mass is 19.1. The van der Waals surface area contributed by atoms with Gasteiger partial charge in [0.15, 0.2) is 5.82 Å². The maximum absolute atomic E-state index is 13.7. The van der Waals surface area contributed by atoms with Crippen LogP contribution in [0.15, 0.2) is 24.3 Å². The molecule has 4 atom stereocenters. The molecule has 3 fully saturated rings. The summed E-state index contributed by atoms with van der Waals surface area (Å²) in [7, 11) is 0. The predicted molar refractivity (Wildman–Crippen MR) is 116 cm³/mol. The lowest BCUT2D eigenvalue weighted by molar-refractivity contribution is 0.171.